The summed E-state index contributed by atoms with van der Waals surface area (Å²) in [4.78, 5) is 16.7. The minimum Gasteiger partial charge on any atom is -0.328 e. The maximum absolute atomic E-state index is 8.36. The van der Waals surface area contributed by atoms with Crippen LogP contribution in [0.1, 0.15) is 0 Å². The maximum atomic E-state index is 8.36. The van der Waals surface area contributed by atoms with E-state index >= 15 is 0 Å². The fraction of sp³-hybridized carbons (Fsp3) is 0. The van der Waals surface area contributed by atoms with Gasteiger partial charge in [-0.15, -0.1) is 20.2 Å². The Bertz CT molecular complexity index is 69.1. The van der Waals surface area contributed by atoms with Crippen molar-refractivity contribution >= 4 is 0 Å². The van der Waals surface area contributed by atoms with Crippen molar-refractivity contribution in [3.8, 4) is 0 Å². The van der Waals surface area contributed by atoms with E-state index in [2.05, 4.69) is 0 Å². The van der Waals surface area contributed by atoms with E-state index < -0.39 is 10.2 Å². The summed E-state index contributed by atoms with van der Waals surface area (Å²) in [6.07, 6.45) is 0. The largest absolute Gasteiger partial charge is 0.328 e. The molecule has 8 nitrogen and oxygen atoms in total. The summed E-state index contributed by atoms with van der Waals surface area (Å²) in [5.41, 5.74) is 0. The molecule has 0 aliphatic carbocycles. The standard InChI is InChI=1S/Cr.2HNO3/c;2*2-1(3)4/h;2*(H,2,3,4). The van der Waals surface area contributed by atoms with Gasteiger partial charge in [0.2, 0.25) is 0 Å². The van der Waals surface area contributed by atoms with Gasteiger partial charge in [-0.2, -0.15) is 0 Å². The van der Waals surface area contributed by atoms with E-state index in [0.717, 1.165) is 0 Å². The van der Waals surface area contributed by atoms with Gasteiger partial charge in [0.05, 0.1) is 0 Å². The van der Waals surface area contributed by atoms with Gasteiger partial charge in [0.15, 0.2) is 0 Å². The molecular weight excluding hydrogens is 176 g/mol. The predicted molar refractivity (Wildman–Crippen MR) is 17.6 cm³/mol. The molecule has 0 amide bonds. The van der Waals surface area contributed by atoms with Gasteiger partial charge in [0.25, 0.3) is 10.2 Å². The minimum absolute atomic E-state index is 0. The average Bonchev–Trinajstić information content (AvgIpc) is 1.25. The number of hydrogen-bond donors (Lipinski definition) is 2. The number of rotatable bonds is 0. The van der Waals surface area contributed by atoms with Crippen LogP contribution in [0.3, 0.4) is 0 Å². The van der Waals surface area contributed by atoms with Gasteiger partial charge in [0, 0.05) is 17.4 Å². The normalized spacial score (nSPS) is 5.33. The third-order valence-corrected chi connectivity index (χ3v) is 0. The van der Waals surface area contributed by atoms with Crippen LogP contribution in [0.25, 0.3) is 0 Å². The van der Waals surface area contributed by atoms with Gasteiger partial charge in [-0.25, -0.2) is 0 Å². The molecule has 9 heteroatoms. The Hall–Kier alpha value is -1.07. The first kappa shape index (κ1) is 15.7. The SMILES string of the molecule is O=[N+]([O-])O.O=[N+]([O-])O.[Cr]. The number of hydrogen-bond acceptors (Lipinski definition) is 4. The Morgan fingerprint density at radius 3 is 1.00 bits per heavy atom. The van der Waals surface area contributed by atoms with Crippen molar-refractivity contribution < 1.29 is 37.9 Å². The van der Waals surface area contributed by atoms with Gasteiger partial charge in [-0.1, -0.05) is 0 Å². The molecule has 0 saturated heterocycles. The zero-order valence-electron chi connectivity index (χ0n) is 3.83. The fourth-order valence-corrected chi connectivity index (χ4v) is 0. The topological polar surface area (TPSA) is 127 Å². The molecule has 9 heavy (non-hydrogen) atoms. The minimum atomic E-state index is -1.50. The maximum Gasteiger partial charge on any atom is 0.291 e. The predicted octanol–water partition coefficient (Wildman–Crippen LogP) is -0.698. The molecule has 0 aliphatic heterocycles. The van der Waals surface area contributed by atoms with Crippen LogP contribution in [0, 0.1) is 20.2 Å². The van der Waals surface area contributed by atoms with Gasteiger partial charge < -0.3 is 10.4 Å². The van der Waals surface area contributed by atoms with Crippen molar-refractivity contribution in [2.24, 2.45) is 0 Å². The Balaban J connectivity index is -0.0000000720. The van der Waals surface area contributed by atoms with Crippen LogP contribution >= 0.6 is 0 Å². The first-order valence-corrected chi connectivity index (χ1v) is 1.13. The van der Waals surface area contributed by atoms with Crippen LogP contribution in [0.5, 0.6) is 0 Å². The Kier molecular flexibility index (Phi) is 17.5. The van der Waals surface area contributed by atoms with E-state index in [9.17, 15) is 0 Å². The van der Waals surface area contributed by atoms with Crippen LogP contribution in [0.4, 0.5) is 0 Å². The van der Waals surface area contributed by atoms with E-state index in [-0.39, 0.29) is 17.4 Å². The third-order valence-electron chi connectivity index (χ3n) is 0. The molecule has 0 fully saturated rings. The van der Waals surface area contributed by atoms with E-state index in [1.807, 2.05) is 0 Å². The molecule has 0 saturated carbocycles. The molecule has 0 spiro atoms. The van der Waals surface area contributed by atoms with Gasteiger partial charge >= 0.3 is 0 Å². The second-order valence-corrected chi connectivity index (χ2v) is 0.476. The average molecular weight is 178 g/mol. The van der Waals surface area contributed by atoms with Crippen LogP contribution in [0.15, 0.2) is 0 Å². The molecule has 0 atom stereocenters. The molecule has 0 aliphatic rings. The Morgan fingerprint density at radius 2 is 1.00 bits per heavy atom. The second kappa shape index (κ2) is 10.0. The summed E-state index contributed by atoms with van der Waals surface area (Å²) < 4.78 is 0. The quantitative estimate of drug-likeness (QED) is 0.373. The van der Waals surface area contributed by atoms with Crippen molar-refractivity contribution in [1.82, 2.24) is 0 Å². The van der Waals surface area contributed by atoms with Crippen LogP contribution in [-0.2, 0) is 17.4 Å². The molecule has 2 N–H and O–H groups in total. The molecule has 0 bridgehead atoms. The summed E-state index contributed by atoms with van der Waals surface area (Å²) in [6, 6.07) is 0. The zero-order valence-corrected chi connectivity index (χ0v) is 5.11. The summed E-state index contributed by atoms with van der Waals surface area (Å²) in [7, 11) is 0. The van der Waals surface area contributed by atoms with Crippen molar-refractivity contribution in [3.63, 3.8) is 0 Å². The molecule has 0 unspecified atom stereocenters. The summed E-state index contributed by atoms with van der Waals surface area (Å²) in [6.45, 7) is 0. The van der Waals surface area contributed by atoms with Gasteiger partial charge in [-0.3, -0.25) is 0 Å². The first-order valence-electron chi connectivity index (χ1n) is 1.13. The van der Waals surface area contributed by atoms with Crippen LogP contribution in [-0.4, -0.2) is 20.6 Å². The Morgan fingerprint density at radius 1 is 1.00 bits per heavy atom. The van der Waals surface area contributed by atoms with Gasteiger partial charge in [0.1, 0.15) is 0 Å². The molecule has 0 radical (unpaired) electrons. The van der Waals surface area contributed by atoms with Crippen molar-refractivity contribution in [1.29, 1.82) is 0 Å². The molecule has 0 aromatic rings. The molecule has 0 rings (SSSR count). The first-order chi connectivity index (χ1) is 3.46. The van der Waals surface area contributed by atoms with E-state index in [0.29, 0.717) is 0 Å². The molecule has 54 valence electrons. The molecule has 0 aromatic carbocycles. The van der Waals surface area contributed by atoms with Crippen molar-refractivity contribution in [2.75, 3.05) is 0 Å². The third kappa shape index (κ3) is 148. The molecule has 0 heterocycles. The summed E-state index contributed by atoms with van der Waals surface area (Å²) in [5.74, 6) is 0. The van der Waals surface area contributed by atoms with Crippen molar-refractivity contribution in [2.45, 2.75) is 0 Å². The Labute approximate surface area is 59.1 Å². The smallest absolute Gasteiger partial charge is 0.291 e. The fourth-order valence-electron chi connectivity index (χ4n) is 0. The van der Waals surface area contributed by atoms with E-state index in [1.165, 1.54) is 0 Å². The zero-order chi connectivity index (χ0) is 7.15. The number of nitrogens with zero attached hydrogens (tertiary/aromatic N) is 2. The second-order valence-electron chi connectivity index (χ2n) is 0.476. The van der Waals surface area contributed by atoms with Crippen LogP contribution < -0.4 is 0 Å². The summed E-state index contributed by atoms with van der Waals surface area (Å²) >= 11 is 0. The molecular formula is H2CrN2O6. The summed E-state index contributed by atoms with van der Waals surface area (Å²) in [5, 5.41) is 27.3. The molecule has 0 aromatic heterocycles. The van der Waals surface area contributed by atoms with Crippen molar-refractivity contribution in [3.05, 3.63) is 20.2 Å². The van der Waals surface area contributed by atoms with E-state index in [1.54, 1.807) is 0 Å². The van der Waals surface area contributed by atoms with E-state index in [4.69, 9.17) is 30.6 Å². The monoisotopic (exact) mass is 178 g/mol. The van der Waals surface area contributed by atoms with Crippen LogP contribution in [0.2, 0.25) is 0 Å². The van der Waals surface area contributed by atoms with Gasteiger partial charge in [-0.05, 0) is 0 Å².